The molecule has 2 fully saturated rings. The first-order valence-corrected chi connectivity index (χ1v) is 15.1. The van der Waals surface area contributed by atoms with Crippen LogP contribution < -0.4 is 0 Å². The molecule has 0 heterocycles. The van der Waals surface area contributed by atoms with E-state index in [1.807, 2.05) is 0 Å². The van der Waals surface area contributed by atoms with Crippen molar-refractivity contribution in [2.24, 2.45) is 11.8 Å². The first-order valence-electron chi connectivity index (χ1n) is 15.1. The monoisotopic (exact) mass is 516 g/mol. The minimum absolute atomic E-state index is 0.247. The molecule has 0 nitrogen and oxygen atoms in total. The maximum Gasteiger partial charge on any atom is 0.0199 e. The second-order valence-electron chi connectivity index (χ2n) is 12.1. The molecule has 0 amide bonds. The largest absolute Gasteiger partial charge is 0.0651 e. The molecule has 2 aliphatic rings. The Bertz CT molecular complexity index is 1070. The molecule has 0 unspecified atom stereocenters. The lowest BCUT2D eigenvalue weighted by Gasteiger charge is -2.30. The summed E-state index contributed by atoms with van der Waals surface area (Å²) in [5, 5.41) is 0. The summed E-state index contributed by atoms with van der Waals surface area (Å²) < 4.78 is 0. The minimum Gasteiger partial charge on any atom is -0.0651 e. The highest BCUT2D eigenvalue weighted by molar-refractivity contribution is 5.46. The summed E-state index contributed by atoms with van der Waals surface area (Å²) in [7, 11) is 0. The number of benzene rings is 4. The quantitative estimate of drug-likeness (QED) is 0.239. The average molecular weight is 517 g/mol. The molecule has 6 rings (SSSR count). The molecule has 2 aliphatic carbocycles. The Labute approximate surface area is 238 Å². The van der Waals surface area contributed by atoms with Crippen LogP contribution in [0, 0.1) is 39.5 Å². The van der Waals surface area contributed by atoms with Gasteiger partial charge < -0.3 is 0 Å². The predicted octanol–water partition coefficient (Wildman–Crippen LogP) is 11.1. The van der Waals surface area contributed by atoms with Crippen molar-refractivity contribution in [2.45, 2.75) is 85.5 Å². The summed E-state index contributed by atoms with van der Waals surface area (Å²) in [6.07, 6.45) is 7.41. The lowest BCUT2D eigenvalue weighted by molar-refractivity contribution is 0.693. The summed E-state index contributed by atoms with van der Waals surface area (Å²) in [4.78, 5) is 0. The number of hydrogen-bond acceptors (Lipinski definition) is 0. The van der Waals surface area contributed by atoms with Crippen molar-refractivity contribution in [1.29, 1.82) is 0 Å². The van der Waals surface area contributed by atoms with E-state index >= 15 is 0 Å². The van der Waals surface area contributed by atoms with Crippen molar-refractivity contribution in [2.75, 3.05) is 0 Å². The summed E-state index contributed by atoms with van der Waals surface area (Å²) in [6, 6.07) is 36.3. The smallest absolute Gasteiger partial charge is 0.0199 e. The van der Waals surface area contributed by atoms with Gasteiger partial charge in [0.05, 0.1) is 0 Å². The van der Waals surface area contributed by atoms with Crippen LogP contribution in [0.3, 0.4) is 0 Å². The van der Waals surface area contributed by atoms with Crippen molar-refractivity contribution < 1.29 is 0 Å². The van der Waals surface area contributed by atoms with Crippen molar-refractivity contribution in [3.63, 3.8) is 0 Å². The summed E-state index contributed by atoms with van der Waals surface area (Å²) in [5.41, 5.74) is 10.6. The van der Waals surface area contributed by atoms with Crippen molar-refractivity contribution in [3.05, 3.63) is 142 Å². The maximum absolute atomic E-state index is 2.30. The van der Waals surface area contributed by atoms with Crippen molar-refractivity contribution in [1.82, 2.24) is 0 Å². The zero-order valence-electron chi connectivity index (χ0n) is 25.1. The highest BCUT2D eigenvalue weighted by Crippen LogP contribution is 2.43. The van der Waals surface area contributed by atoms with Crippen LogP contribution in [0.5, 0.6) is 0 Å². The van der Waals surface area contributed by atoms with Gasteiger partial charge in [-0.05, 0) is 61.8 Å². The van der Waals surface area contributed by atoms with E-state index < -0.39 is 0 Å². The zero-order chi connectivity index (χ0) is 27.8. The van der Waals surface area contributed by atoms with Crippen molar-refractivity contribution in [3.8, 4) is 0 Å². The average Bonchev–Trinajstić information content (AvgIpc) is 3.88. The van der Waals surface area contributed by atoms with Crippen LogP contribution in [0.4, 0.5) is 0 Å². The molecule has 0 N–H and O–H groups in total. The second-order valence-corrected chi connectivity index (χ2v) is 12.1. The molecule has 204 valence electrons. The number of hydrogen-bond donors (Lipinski definition) is 0. The molecule has 0 aromatic heterocycles. The molecular formula is C39H48. The molecule has 0 aliphatic heterocycles. The molecule has 0 atom stereocenters. The first-order chi connectivity index (χ1) is 18.8. The molecule has 0 saturated heterocycles. The minimum atomic E-state index is 0.247. The number of aryl methyl sites for hydroxylation is 4. The molecule has 0 bridgehead atoms. The van der Waals surface area contributed by atoms with Gasteiger partial charge in [-0.15, -0.1) is 0 Å². The molecule has 0 spiro atoms. The van der Waals surface area contributed by atoms with Gasteiger partial charge in [0.25, 0.3) is 0 Å². The second kappa shape index (κ2) is 13.8. The standard InChI is InChI=1S/C30H30.C5H10.C4H8/c1-21-5-13-25(14-6-21)29(26-15-7-22(2)8-16-26)30(27-17-9-23(3)10-18-27)28-19-11-24(4)12-20-28;1-2-5-3-4-5;1-4-2-3-4/h5-20,29-30H,1-4H3;5H,2-4H2,1H3;4H,2-3H2,1H3. The van der Waals surface area contributed by atoms with E-state index in [0.717, 1.165) is 11.8 Å². The Morgan fingerprint density at radius 3 is 0.821 bits per heavy atom. The third-order valence-electron chi connectivity index (χ3n) is 8.22. The fourth-order valence-corrected chi connectivity index (χ4v) is 4.94. The van der Waals surface area contributed by atoms with Crippen LogP contribution in [-0.2, 0) is 0 Å². The van der Waals surface area contributed by atoms with E-state index in [1.54, 1.807) is 0 Å². The maximum atomic E-state index is 2.30. The molecule has 0 radical (unpaired) electrons. The third-order valence-corrected chi connectivity index (χ3v) is 8.22. The van der Waals surface area contributed by atoms with Gasteiger partial charge in [-0.25, -0.2) is 0 Å². The Morgan fingerprint density at radius 2 is 0.692 bits per heavy atom. The highest BCUT2D eigenvalue weighted by atomic mass is 14.3. The Kier molecular flexibility index (Phi) is 10.2. The van der Waals surface area contributed by atoms with E-state index in [4.69, 9.17) is 0 Å². The highest BCUT2D eigenvalue weighted by Gasteiger charge is 2.28. The molecule has 2 saturated carbocycles. The van der Waals surface area contributed by atoms with Gasteiger partial charge >= 0.3 is 0 Å². The first kappa shape index (κ1) is 28.9. The van der Waals surface area contributed by atoms with Gasteiger partial charge in [0.1, 0.15) is 0 Å². The SMILES string of the molecule is CC1CC1.CCC1CC1.Cc1ccc(C(c2ccc(C)cc2)C(c2ccc(C)cc2)c2ccc(C)cc2)cc1. The van der Waals surface area contributed by atoms with Gasteiger partial charge in [-0.1, -0.05) is 165 Å². The Balaban J connectivity index is 0.000000330. The van der Waals surface area contributed by atoms with Gasteiger partial charge in [0.2, 0.25) is 0 Å². The van der Waals surface area contributed by atoms with Crippen LogP contribution >= 0.6 is 0 Å². The lowest BCUT2D eigenvalue weighted by Crippen LogP contribution is -2.15. The van der Waals surface area contributed by atoms with E-state index in [9.17, 15) is 0 Å². The molecule has 4 aromatic carbocycles. The van der Waals surface area contributed by atoms with E-state index in [-0.39, 0.29) is 11.8 Å². The lowest BCUT2D eigenvalue weighted by atomic mass is 9.73. The van der Waals surface area contributed by atoms with Crippen LogP contribution in [0.15, 0.2) is 97.1 Å². The van der Waals surface area contributed by atoms with Gasteiger partial charge in [-0.2, -0.15) is 0 Å². The normalized spacial score (nSPS) is 14.4. The fraction of sp³-hybridized carbons (Fsp3) is 0.385. The van der Waals surface area contributed by atoms with Crippen LogP contribution in [0.1, 0.15) is 102 Å². The summed E-state index contributed by atoms with van der Waals surface area (Å²) in [5.74, 6) is 2.71. The Morgan fingerprint density at radius 1 is 0.462 bits per heavy atom. The Hall–Kier alpha value is -3.12. The van der Waals surface area contributed by atoms with Crippen molar-refractivity contribution >= 4 is 0 Å². The summed E-state index contributed by atoms with van der Waals surface area (Å²) >= 11 is 0. The van der Waals surface area contributed by atoms with E-state index in [1.165, 1.54) is 76.6 Å². The fourth-order valence-electron chi connectivity index (χ4n) is 4.94. The van der Waals surface area contributed by atoms with Gasteiger partial charge in [-0.3, -0.25) is 0 Å². The van der Waals surface area contributed by atoms with Gasteiger partial charge in [0.15, 0.2) is 0 Å². The van der Waals surface area contributed by atoms with E-state index in [0.29, 0.717) is 0 Å². The summed E-state index contributed by atoms with van der Waals surface area (Å²) in [6.45, 7) is 13.2. The van der Waals surface area contributed by atoms with E-state index in [2.05, 4.69) is 139 Å². The molecular weight excluding hydrogens is 468 g/mol. The van der Waals surface area contributed by atoms with Crippen LogP contribution in [-0.4, -0.2) is 0 Å². The third kappa shape index (κ3) is 8.96. The van der Waals surface area contributed by atoms with Crippen LogP contribution in [0.25, 0.3) is 0 Å². The predicted molar refractivity (Wildman–Crippen MR) is 170 cm³/mol. The number of rotatable bonds is 6. The topological polar surface area (TPSA) is 0 Å². The molecule has 4 aromatic rings. The molecule has 0 heteroatoms. The molecule has 39 heavy (non-hydrogen) atoms. The zero-order valence-corrected chi connectivity index (χ0v) is 25.1. The van der Waals surface area contributed by atoms with Gasteiger partial charge in [0, 0.05) is 11.8 Å². The van der Waals surface area contributed by atoms with Crippen LogP contribution in [0.2, 0.25) is 0 Å².